The molecule has 0 heterocycles. The van der Waals surface area contributed by atoms with E-state index in [-0.39, 0.29) is 18.2 Å². The lowest BCUT2D eigenvalue weighted by Crippen LogP contribution is -2.02. The van der Waals surface area contributed by atoms with Gasteiger partial charge in [0.1, 0.15) is 0 Å². The third-order valence-electron chi connectivity index (χ3n) is 1.66. The van der Waals surface area contributed by atoms with E-state index in [9.17, 15) is 8.42 Å². The molecule has 0 atom stereocenters. The lowest BCUT2D eigenvalue weighted by atomic mass is 10.1. The number of rotatable bonds is 3. The molecule has 1 aromatic carbocycles. The molecule has 80 valence electrons. The van der Waals surface area contributed by atoms with Crippen LogP contribution in [0.3, 0.4) is 0 Å². The largest absolute Gasteiger partial charge is 0.326 e. The van der Waals surface area contributed by atoms with Crippen LogP contribution in [0.4, 0.5) is 0 Å². The van der Waals surface area contributed by atoms with E-state index in [0.717, 1.165) is 11.1 Å². The Morgan fingerprint density at radius 1 is 1.29 bits per heavy atom. The smallest absolute Gasteiger partial charge is 0.151 e. The number of hydrogen-bond donors (Lipinski definition) is 1. The summed E-state index contributed by atoms with van der Waals surface area (Å²) in [5.41, 5.74) is 7.19. The summed E-state index contributed by atoms with van der Waals surface area (Å²) in [5, 5.41) is 0. The lowest BCUT2D eigenvalue weighted by molar-refractivity contribution is 0.601. The average Bonchev–Trinajstić information content (AvgIpc) is 2.01. The van der Waals surface area contributed by atoms with Gasteiger partial charge in [-0.1, -0.05) is 24.3 Å². The molecule has 1 aromatic rings. The second-order valence-corrected chi connectivity index (χ2v) is 5.23. The molecule has 0 spiro atoms. The van der Waals surface area contributed by atoms with E-state index in [1.165, 1.54) is 6.26 Å². The Morgan fingerprint density at radius 3 is 2.36 bits per heavy atom. The van der Waals surface area contributed by atoms with Crippen molar-refractivity contribution < 1.29 is 8.42 Å². The minimum atomic E-state index is -2.94. The van der Waals surface area contributed by atoms with Crippen LogP contribution in [0.15, 0.2) is 24.3 Å². The number of nitrogens with two attached hydrogens (primary N) is 1. The van der Waals surface area contributed by atoms with Crippen LogP contribution >= 0.6 is 12.4 Å². The molecule has 0 amide bonds. The monoisotopic (exact) mass is 235 g/mol. The fraction of sp³-hybridized carbons (Fsp3) is 0.333. The van der Waals surface area contributed by atoms with Crippen LogP contribution in [-0.2, 0) is 22.1 Å². The van der Waals surface area contributed by atoms with E-state index in [1.54, 1.807) is 6.07 Å². The maximum atomic E-state index is 11.0. The number of benzene rings is 1. The van der Waals surface area contributed by atoms with Crippen molar-refractivity contribution in [2.24, 2.45) is 5.73 Å². The van der Waals surface area contributed by atoms with Gasteiger partial charge in [0, 0.05) is 12.8 Å². The summed E-state index contributed by atoms with van der Waals surface area (Å²) in [6, 6.07) is 7.32. The molecule has 5 heteroatoms. The molecule has 14 heavy (non-hydrogen) atoms. The third-order valence-corrected chi connectivity index (χ3v) is 2.51. The summed E-state index contributed by atoms with van der Waals surface area (Å²) in [5.74, 6) is 0.0842. The Morgan fingerprint density at radius 2 is 1.86 bits per heavy atom. The maximum absolute atomic E-state index is 11.0. The molecule has 2 N–H and O–H groups in total. The van der Waals surface area contributed by atoms with Crippen LogP contribution in [0.2, 0.25) is 0 Å². The standard InChI is InChI=1S/C9H13NO2S.ClH/c1-13(11,12)7-9-4-2-3-8(5-9)6-10;/h2-5H,6-7,10H2,1H3;1H. The molecule has 3 nitrogen and oxygen atoms in total. The molecule has 0 saturated carbocycles. The van der Waals surface area contributed by atoms with Crippen LogP contribution in [0.5, 0.6) is 0 Å². The summed E-state index contributed by atoms with van der Waals surface area (Å²) >= 11 is 0. The summed E-state index contributed by atoms with van der Waals surface area (Å²) in [6.07, 6.45) is 1.22. The van der Waals surface area contributed by atoms with Gasteiger partial charge in [0.25, 0.3) is 0 Å². The molecule has 0 fully saturated rings. The summed E-state index contributed by atoms with van der Waals surface area (Å²) in [4.78, 5) is 0. The number of halogens is 1. The molecule has 1 rings (SSSR count). The predicted octanol–water partition coefficient (Wildman–Crippen LogP) is 1.11. The van der Waals surface area contributed by atoms with E-state index in [0.29, 0.717) is 6.54 Å². The molecule has 0 aromatic heterocycles. The summed E-state index contributed by atoms with van der Waals surface area (Å²) in [6.45, 7) is 0.442. The van der Waals surface area contributed by atoms with Crippen molar-refractivity contribution in [2.45, 2.75) is 12.3 Å². The van der Waals surface area contributed by atoms with Crippen molar-refractivity contribution in [3.05, 3.63) is 35.4 Å². The summed E-state index contributed by atoms with van der Waals surface area (Å²) < 4.78 is 21.9. The second-order valence-electron chi connectivity index (χ2n) is 3.09. The van der Waals surface area contributed by atoms with Crippen molar-refractivity contribution in [3.63, 3.8) is 0 Å². The number of hydrogen-bond acceptors (Lipinski definition) is 3. The quantitative estimate of drug-likeness (QED) is 0.854. The highest BCUT2D eigenvalue weighted by molar-refractivity contribution is 7.89. The van der Waals surface area contributed by atoms with Gasteiger partial charge < -0.3 is 5.73 Å². The highest BCUT2D eigenvalue weighted by Crippen LogP contribution is 2.07. The van der Waals surface area contributed by atoms with Gasteiger partial charge in [-0.25, -0.2) is 8.42 Å². The Balaban J connectivity index is 0.00000169. The van der Waals surface area contributed by atoms with Gasteiger partial charge >= 0.3 is 0 Å². The maximum Gasteiger partial charge on any atom is 0.151 e. The molecular weight excluding hydrogens is 222 g/mol. The normalized spacial score (nSPS) is 10.7. The topological polar surface area (TPSA) is 60.2 Å². The first kappa shape index (κ1) is 13.4. The Bertz CT molecular complexity index is 390. The van der Waals surface area contributed by atoms with Crippen LogP contribution in [0, 0.1) is 0 Å². The molecule has 0 unspecified atom stereocenters. The van der Waals surface area contributed by atoms with Crippen molar-refractivity contribution in [2.75, 3.05) is 6.26 Å². The fourth-order valence-corrected chi connectivity index (χ4v) is 1.93. The van der Waals surface area contributed by atoms with Gasteiger partial charge in [-0.05, 0) is 11.1 Å². The van der Waals surface area contributed by atoms with Gasteiger partial charge in [-0.15, -0.1) is 12.4 Å². The van der Waals surface area contributed by atoms with Crippen molar-refractivity contribution in [1.82, 2.24) is 0 Å². The summed E-state index contributed by atoms with van der Waals surface area (Å²) in [7, 11) is -2.94. The molecule has 0 aliphatic rings. The van der Waals surface area contributed by atoms with E-state index in [1.807, 2.05) is 18.2 Å². The Labute approximate surface area is 90.6 Å². The number of sulfone groups is 1. The minimum Gasteiger partial charge on any atom is -0.326 e. The van der Waals surface area contributed by atoms with Gasteiger partial charge in [0.15, 0.2) is 9.84 Å². The molecular formula is C9H14ClNO2S. The first-order valence-electron chi connectivity index (χ1n) is 3.97. The Hall–Kier alpha value is -0.580. The van der Waals surface area contributed by atoms with E-state index in [2.05, 4.69) is 0 Å². The van der Waals surface area contributed by atoms with Gasteiger partial charge in [-0.3, -0.25) is 0 Å². The van der Waals surface area contributed by atoms with Crippen LogP contribution < -0.4 is 5.73 Å². The van der Waals surface area contributed by atoms with Gasteiger partial charge in [-0.2, -0.15) is 0 Å². The second kappa shape index (κ2) is 5.34. The lowest BCUT2D eigenvalue weighted by Gasteiger charge is -2.01. The Kier molecular flexibility index (Phi) is 5.12. The highest BCUT2D eigenvalue weighted by atomic mass is 35.5. The van der Waals surface area contributed by atoms with E-state index >= 15 is 0 Å². The third kappa shape index (κ3) is 4.60. The van der Waals surface area contributed by atoms with Crippen molar-refractivity contribution in [1.29, 1.82) is 0 Å². The van der Waals surface area contributed by atoms with Gasteiger partial charge in [0.05, 0.1) is 5.75 Å². The zero-order valence-electron chi connectivity index (χ0n) is 7.93. The van der Waals surface area contributed by atoms with Crippen molar-refractivity contribution in [3.8, 4) is 0 Å². The van der Waals surface area contributed by atoms with E-state index in [4.69, 9.17) is 5.73 Å². The van der Waals surface area contributed by atoms with Crippen LogP contribution in [0.1, 0.15) is 11.1 Å². The highest BCUT2D eigenvalue weighted by Gasteiger charge is 2.03. The molecule has 0 aliphatic carbocycles. The van der Waals surface area contributed by atoms with Crippen LogP contribution in [0.25, 0.3) is 0 Å². The zero-order valence-corrected chi connectivity index (χ0v) is 9.57. The van der Waals surface area contributed by atoms with E-state index < -0.39 is 9.84 Å². The van der Waals surface area contributed by atoms with Crippen LogP contribution in [-0.4, -0.2) is 14.7 Å². The molecule has 0 saturated heterocycles. The molecule has 0 radical (unpaired) electrons. The predicted molar refractivity (Wildman–Crippen MR) is 60.1 cm³/mol. The van der Waals surface area contributed by atoms with Gasteiger partial charge in [0.2, 0.25) is 0 Å². The van der Waals surface area contributed by atoms with Crippen molar-refractivity contribution >= 4 is 22.2 Å². The average molecular weight is 236 g/mol. The zero-order chi connectivity index (χ0) is 9.90. The minimum absolute atomic E-state index is 0. The molecule has 0 bridgehead atoms. The first-order chi connectivity index (χ1) is 6.01. The SMILES string of the molecule is CS(=O)(=O)Cc1cccc(CN)c1.Cl. The first-order valence-corrected chi connectivity index (χ1v) is 6.03. The fourth-order valence-electron chi connectivity index (χ4n) is 1.15. The molecule has 0 aliphatic heterocycles.